The Morgan fingerprint density at radius 1 is 1.27 bits per heavy atom. The molecule has 2 aromatic rings. The van der Waals surface area contributed by atoms with Crippen LogP contribution in [0.1, 0.15) is 22.7 Å². The van der Waals surface area contributed by atoms with E-state index in [1.165, 1.54) is 5.56 Å². The van der Waals surface area contributed by atoms with Crippen molar-refractivity contribution in [1.82, 2.24) is 10.2 Å². The first-order chi connectivity index (χ1) is 12.6. The lowest BCUT2D eigenvalue weighted by atomic mass is 10.0. The van der Waals surface area contributed by atoms with Gasteiger partial charge in [0.1, 0.15) is 5.75 Å². The molecular formula is C21H27N3O2. The molecule has 1 aliphatic rings. The van der Waals surface area contributed by atoms with Gasteiger partial charge in [0.2, 0.25) is 5.91 Å². The van der Waals surface area contributed by atoms with E-state index in [1.807, 2.05) is 37.3 Å². The number of piperazine rings is 1. The van der Waals surface area contributed by atoms with Crippen molar-refractivity contribution in [2.45, 2.75) is 19.9 Å². The number of benzene rings is 2. The van der Waals surface area contributed by atoms with Gasteiger partial charge in [0.25, 0.3) is 0 Å². The Morgan fingerprint density at radius 2 is 2.08 bits per heavy atom. The van der Waals surface area contributed by atoms with Gasteiger partial charge in [-0.05, 0) is 31.5 Å². The van der Waals surface area contributed by atoms with E-state index in [4.69, 9.17) is 4.74 Å². The fourth-order valence-corrected chi connectivity index (χ4v) is 3.51. The summed E-state index contributed by atoms with van der Waals surface area (Å²) in [6.45, 7) is 6.93. The highest BCUT2D eigenvalue weighted by Crippen LogP contribution is 2.30. The molecule has 2 aromatic carbocycles. The summed E-state index contributed by atoms with van der Waals surface area (Å²) in [6.07, 6.45) is 0. The molecule has 1 amide bonds. The van der Waals surface area contributed by atoms with E-state index in [1.54, 1.807) is 7.11 Å². The van der Waals surface area contributed by atoms with Crippen molar-refractivity contribution in [3.63, 3.8) is 0 Å². The Morgan fingerprint density at radius 3 is 2.85 bits per heavy atom. The maximum absolute atomic E-state index is 12.6. The molecule has 3 rings (SSSR count). The zero-order chi connectivity index (χ0) is 18.5. The van der Waals surface area contributed by atoms with Crippen molar-refractivity contribution in [1.29, 1.82) is 0 Å². The average molecular weight is 353 g/mol. The van der Waals surface area contributed by atoms with E-state index in [2.05, 4.69) is 34.6 Å². The Labute approximate surface area is 155 Å². The molecule has 0 aromatic heterocycles. The van der Waals surface area contributed by atoms with Crippen LogP contribution in [-0.2, 0) is 4.79 Å². The number of amides is 1. The quantitative estimate of drug-likeness (QED) is 0.868. The molecule has 1 saturated heterocycles. The van der Waals surface area contributed by atoms with Crippen LogP contribution < -0.4 is 15.4 Å². The minimum atomic E-state index is 0.0127. The summed E-state index contributed by atoms with van der Waals surface area (Å²) in [4.78, 5) is 14.9. The minimum absolute atomic E-state index is 0.0127. The molecule has 5 heteroatoms. The minimum Gasteiger partial charge on any atom is -0.496 e. The van der Waals surface area contributed by atoms with E-state index in [9.17, 15) is 4.79 Å². The van der Waals surface area contributed by atoms with Crippen LogP contribution in [0.15, 0.2) is 42.5 Å². The smallest absolute Gasteiger partial charge is 0.238 e. The monoisotopic (exact) mass is 353 g/mol. The lowest BCUT2D eigenvalue weighted by Crippen LogP contribution is -2.48. The fourth-order valence-electron chi connectivity index (χ4n) is 3.51. The van der Waals surface area contributed by atoms with Crippen LogP contribution >= 0.6 is 0 Å². The SMILES string of the molecule is COc1ccccc1C1CNCCN1CC(=O)Nc1ccc(C)cc1C. The van der Waals surface area contributed by atoms with Crippen molar-refractivity contribution in [3.8, 4) is 5.75 Å². The molecule has 2 N–H and O–H groups in total. The molecule has 0 spiro atoms. The third-order valence-corrected chi connectivity index (χ3v) is 4.85. The largest absolute Gasteiger partial charge is 0.496 e. The van der Waals surface area contributed by atoms with Crippen LogP contribution in [0.4, 0.5) is 5.69 Å². The molecule has 1 aliphatic heterocycles. The number of methoxy groups -OCH3 is 1. The maximum Gasteiger partial charge on any atom is 0.238 e. The van der Waals surface area contributed by atoms with Gasteiger partial charge < -0.3 is 15.4 Å². The number of ether oxygens (including phenoxy) is 1. The number of carbonyl (C=O) groups is 1. The molecule has 1 unspecified atom stereocenters. The molecular weight excluding hydrogens is 326 g/mol. The number of hydrogen-bond acceptors (Lipinski definition) is 4. The van der Waals surface area contributed by atoms with Gasteiger partial charge in [-0.25, -0.2) is 0 Å². The van der Waals surface area contributed by atoms with Crippen LogP contribution in [0.5, 0.6) is 5.75 Å². The van der Waals surface area contributed by atoms with Crippen LogP contribution in [0.2, 0.25) is 0 Å². The highest BCUT2D eigenvalue weighted by Gasteiger charge is 2.27. The Hall–Kier alpha value is -2.37. The van der Waals surface area contributed by atoms with Crippen LogP contribution in [0, 0.1) is 13.8 Å². The maximum atomic E-state index is 12.6. The molecule has 1 heterocycles. The van der Waals surface area contributed by atoms with Crippen LogP contribution in [0.25, 0.3) is 0 Å². The lowest BCUT2D eigenvalue weighted by molar-refractivity contribution is -0.118. The predicted octanol–water partition coefficient (Wildman–Crippen LogP) is 2.90. The van der Waals surface area contributed by atoms with E-state index >= 15 is 0 Å². The Kier molecular flexibility index (Phi) is 5.91. The average Bonchev–Trinajstić information content (AvgIpc) is 2.64. The second-order valence-corrected chi connectivity index (χ2v) is 6.80. The van der Waals surface area contributed by atoms with Gasteiger partial charge in [-0.1, -0.05) is 35.9 Å². The van der Waals surface area contributed by atoms with Gasteiger partial charge in [0.05, 0.1) is 19.7 Å². The Bertz CT molecular complexity index is 776. The first-order valence-corrected chi connectivity index (χ1v) is 9.03. The highest BCUT2D eigenvalue weighted by molar-refractivity contribution is 5.93. The van der Waals surface area contributed by atoms with Gasteiger partial charge in [-0.15, -0.1) is 0 Å². The van der Waals surface area contributed by atoms with E-state index < -0.39 is 0 Å². The number of nitrogens with zero attached hydrogens (tertiary/aromatic N) is 1. The molecule has 1 fully saturated rings. The lowest BCUT2D eigenvalue weighted by Gasteiger charge is -2.36. The van der Waals surface area contributed by atoms with Crippen molar-refractivity contribution in [2.75, 3.05) is 38.6 Å². The van der Waals surface area contributed by atoms with Gasteiger partial charge in [-0.2, -0.15) is 0 Å². The van der Waals surface area contributed by atoms with Crippen molar-refractivity contribution in [2.24, 2.45) is 0 Å². The highest BCUT2D eigenvalue weighted by atomic mass is 16.5. The van der Waals surface area contributed by atoms with E-state index in [0.29, 0.717) is 6.54 Å². The summed E-state index contributed by atoms with van der Waals surface area (Å²) in [5.41, 5.74) is 4.27. The summed E-state index contributed by atoms with van der Waals surface area (Å²) in [6, 6.07) is 14.2. The molecule has 0 aliphatic carbocycles. The summed E-state index contributed by atoms with van der Waals surface area (Å²) in [5.74, 6) is 0.875. The van der Waals surface area contributed by atoms with Crippen LogP contribution in [0.3, 0.4) is 0 Å². The summed E-state index contributed by atoms with van der Waals surface area (Å²) < 4.78 is 5.52. The number of rotatable bonds is 5. The third kappa shape index (κ3) is 4.23. The van der Waals surface area contributed by atoms with Gasteiger partial charge in [-0.3, -0.25) is 9.69 Å². The number of nitrogens with one attached hydrogen (secondary N) is 2. The van der Waals surface area contributed by atoms with Gasteiger partial charge >= 0.3 is 0 Å². The molecule has 26 heavy (non-hydrogen) atoms. The number of para-hydroxylation sites is 1. The molecule has 0 saturated carbocycles. The van der Waals surface area contributed by atoms with E-state index in [-0.39, 0.29) is 11.9 Å². The van der Waals surface area contributed by atoms with Gasteiger partial charge in [0.15, 0.2) is 0 Å². The summed E-state index contributed by atoms with van der Waals surface area (Å²) in [7, 11) is 1.69. The second-order valence-electron chi connectivity index (χ2n) is 6.80. The number of aryl methyl sites for hydroxylation is 2. The van der Waals surface area contributed by atoms with Crippen LogP contribution in [-0.4, -0.2) is 44.1 Å². The topological polar surface area (TPSA) is 53.6 Å². The van der Waals surface area contributed by atoms with Crippen molar-refractivity contribution >= 4 is 11.6 Å². The zero-order valence-electron chi connectivity index (χ0n) is 15.7. The number of carbonyl (C=O) groups excluding carboxylic acids is 1. The molecule has 5 nitrogen and oxygen atoms in total. The standard InChI is InChI=1S/C21H27N3O2/c1-15-8-9-18(16(2)12-15)23-21(25)14-24-11-10-22-13-19(24)17-6-4-5-7-20(17)26-3/h4-9,12,19,22H,10-11,13-14H2,1-3H3,(H,23,25). The normalized spacial score (nSPS) is 17.7. The summed E-state index contributed by atoms with van der Waals surface area (Å²) >= 11 is 0. The zero-order valence-corrected chi connectivity index (χ0v) is 15.7. The number of hydrogen-bond donors (Lipinski definition) is 2. The molecule has 0 radical (unpaired) electrons. The second kappa shape index (κ2) is 8.34. The van der Waals surface area contributed by atoms with Gasteiger partial charge in [0, 0.05) is 30.9 Å². The first kappa shape index (κ1) is 18.4. The fraction of sp³-hybridized carbons (Fsp3) is 0.381. The van der Waals surface area contributed by atoms with E-state index in [0.717, 1.165) is 42.2 Å². The molecule has 1 atom stereocenters. The molecule has 138 valence electrons. The summed E-state index contributed by atoms with van der Waals surface area (Å²) in [5, 5.41) is 6.48. The van der Waals surface area contributed by atoms with Crippen molar-refractivity contribution in [3.05, 3.63) is 59.2 Å². The number of anilines is 1. The first-order valence-electron chi connectivity index (χ1n) is 9.03. The van der Waals surface area contributed by atoms with Crippen molar-refractivity contribution < 1.29 is 9.53 Å². The Balaban J connectivity index is 1.73. The molecule has 0 bridgehead atoms. The third-order valence-electron chi connectivity index (χ3n) is 4.85. The predicted molar refractivity (Wildman–Crippen MR) is 105 cm³/mol.